The highest BCUT2D eigenvalue weighted by molar-refractivity contribution is 5.89. The van der Waals surface area contributed by atoms with Gasteiger partial charge in [-0.25, -0.2) is 29.1 Å². The zero-order valence-corrected chi connectivity index (χ0v) is 17.5. The zero-order valence-electron chi connectivity index (χ0n) is 17.5. The molecule has 0 radical (unpaired) electrons. The molecule has 0 atom stereocenters. The van der Waals surface area contributed by atoms with E-state index in [9.17, 15) is 9.59 Å². The summed E-state index contributed by atoms with van der Waals surface area (Å²) in [5, 5.41) is 0. The summed E-state index contributed by atoms with van der Waals surface area (Å²) in [6.07, 6.45) is 6.31. The third kappa shape index (κ3) is 7.62. The fourth-order valence-electron chi connectivity index (χ4n) is 2.66. The van der Waals surface area contributed by atoms with Crippen LogP contribution in [0.2, 0.25) is 0 Å². The van der Waals surface area contributed by atoms with Crippen LogP contribution in [0.25, 0.3) is 0 Å². The van der Waals surface area contributed by atoms with Crippen LogP contribution < -0.4 is 0 Å². The molecule has 0 fully saturated rings. The van der Waals surface area contributed by atoms with Gasteiger partial charge in [-0.2, -0.15) is 0 Å². The number of hydrogen-bond donors (Lipinski definition) is 0. The van der Waals surface area contributed by atoms with Gasteiger partial charge in [-0.05, 0) is 67.7 Å². The molecule has 0 saturated carbocycles. The predicted octanol–water partition coefficient (Wildman–Crippen LogP) is 5.72. The van der Waals surface area contributed by atoms with E-state index in [1.54, 1.807) is 24.3 Å². The summed E-state index contributed by atoms with van der Waals surface area (Å²) in [7, 11) is 0. The van der Waals surface area contributed by atoms with Crippen LogP contribution >= 0.6 is 0 Å². The highest BCUT2D eigenvalue weighted by Gasteiger charge is 2.13. The fraction of sp³-hybridized carbons (Fsp3) is 0.333. The van der Waals surface area contributed by atoms with E-state index in [0.717, 1.165) is 49.7 Å². The van der Waals surface area contributed by atoms with Gasteiger partial charge in [-0.15, -0.1) is 0 Å². The molecule has 2 aromatic carbocycles. The van der Waals surface area contributed by atoms with E-state index in [0.29, 0.717) is 11.1 Å². The lowest BCUT2D eigenvalue weighted by Gasteiger charge is -2.08. The second kappa shape index (κ2) is 12.3. The lowest BCUT2D eigenvalue weighted by Crippen LogP contribution is -2.10. The summed E-state index contributed by atoms with van der Waals surface area (Å²) in [6, 6.07) is 14.1. The Hall–Kier alpha value is -3.28. The van der Waals surface area contributed by atoms with Crippen molar-refractivity contribution in [3.8, 4) is 0 Å². The van der Waals surface area contributed by atoms with Crippen LogP contribution in [0, 0.1) is 0 Å². The van der Waals surface area contributed by atoms with Crippen molar-refractivity contribution in [2.75, 3.05) is 0 Å². The van der Waals surface area contributed by atoms with Gasteiger partial charge in [0.2, 0.25) is 0 Å². The molecule has 0 aliphatic rings. The molecule has 30 heavy (non-hydrogen) atoms. The molecule has 0 heterocycles. The van der Waals surface area contributed by atoms with Crippen LogP contribution in [0.1, 0.15) is 71.4 Å². The summed E-state index contributed by atoms with van der Waals surface area (Å²) < 4.78 is 0. The molecule has 6 nitrogen and oxygen atoms in total. The maximum atomic E-state index is 12.0. The van der Waals surface area contributed by atoms with E-state index in [1.807, 2.05) is 24.3 Å². The van der Waals surface area contributed by atoms with Gasteiger partial charge in [0.25, 0.3) is 0 Å². The highest BCUT2D eigenvalue weighted by atomic mass is 17.3. The molecule has 0 amide bonds. The van der Waals surface area contributed by atoms with E-state index < -0.39 is 17.9 Å². The maximum absolute atomic E-state index is 12.0. The summed E-state index contributed by atoms with van der Waals surface area (Å²) in [5.41, 5.74) is 2.94. The molecular formula is C24H28O6. The Labute approximate surface area is 177 Å². The predicted molar refractivity (Wildman–Crippen MR) is 112 cm³/mol. The number of carbonyl (C=O) groups excluding carboxylic acids is 2. The summed E-state index contributed by atoms with van der Waals surface area (Å²) >= 11 is 0. The van der Waals surface area contributed by atoms with Crippen LogP contribution in [0.15, 0.2) is 61.1 Å². The minimum Gasteiger partial charge on any atom is -0.243 e. The first kappa shape index (κ1) is 23.0. The molecule has 0 aromatic heterocycles. The third-order valence-electron chi connectivity index (χ3n) is 4.44. The lowest BCUT2D eigenvalue weighted by molar-refractivity contribution is -0.317. The average Bonchev–Trinajstić information content (AvgIpc) is 2.78. The van der Waals surface area contributed by atoms with Crippen molar-refractivity contribution in [3.05, 3.63) is 83.3 Å². The minimum atomic E-state index is -0.712. The largest absolute Gasteiger partial charge is 0.386 e. The molecule has 6 heteroatoms. The van der Waals surface area contributed by atoms with Crippen molar-refractivity contribution in [2.45, 2.75) is 52.4 Å². The van der Waals surface area contributed by atoms with E-state index in [-0.39, 0.29) is 0 Å². The molecule has 0 bridgehead atoms. The Morgan fingerprint density at radius 1 is 0.667 bits per heavy atom. The lowest BCUT2D eigenvalue weighted by atomic mass is 10.1. The topological polar surface area (TPSA) is 71.1 Å². The standard InChI is InChI=1S/C24H28O6/c1-4-6-8-19-10-14-21(15-11-19)23(25)29-27-18(3)28-30-24(26)22-16-12-20(13-17-22)9-7-5-2/h10-17H,3-9H2,1-2H3. The first-order valence-corrected chi connectivity index (χ1v) is 10.2. The van der Waals surface area contributed by atoms with Crippen molar-refractivity contribution in [1.29, 1.82) is 0 Å². The van der Waals surface area contributed by atoms with Gasteiger partial charge in [-0.3, -0.25) is 0 Å². The number of aryl methyl sites for hydroxylation is 2. The van der Waals surface area contributed by atoms with Gasteiger partial charge >= 0.3 is 17.9 Å². The normalized spacial score (nSPS) is 10.2. The van der Waals surface area contributed by atoms with E-state index >= 15 is 0 Å². The first-order chi connectivity index (χ1) is 14.5. The Morgan fingerprint density at radius 3 is 1.37 bits per heavy atom. The molecule has 0 saturated heterocycles. The fourth-order valence-corrected chi connectivity index (χ4v) is 2.66. The molecule has 2 aromatic rings. The molecule has 160 valence electrons. The Bertz CT molecular complexity index is 754. The minimum absolute atomic E-state index is 0.322. The number of hydrogen-bond acceptors (Lipinski definition) is 6. The van der Waals surface area contributed by atoms with E-state index in [2.05, 4.69) is 40.0 Å². The molecule has 0 aliphatic carbocycles. The Kier molecular flexibility index (Phi) is 9.45. The number of rotatable bonds is 12. The Morgan fingerprint density at radius 2 is 1.03 bits per heavy atom. The van der Waals surface area contributed by atoms with Crippen molar-refractivity contribution < 1.29 is 29.1 Å². The third-order valence-corrected chi connectivity index (χ3v) is 4.44. The highest BCUT2D eigenvalue weighted by Crippen LogP contribution is 2.12. The van der Waals surface area contributed by atoms with Crippen molar-refractivity contribution in [1.82, 2.24) is 0 Å². The second-order valence-corrected chi connectivity index (χ2v) is 6.88. The van der Waals surface area contributed by atoms with Crippen molar-refractivity contribution >= 4 is 11.9 Å². The van der Waals surface area contributed by atoms with Gasteiger partial charge in [0, 0.05) is 0 Å². The van der Waals surface area contributed by atoms with E-state index in [4.69, 9.17) is 0 Å². The number of carbonyl (C=O) groups is 2. The van der Waals surface area contributed by atoms with Gasteiger partial charge in [0.15, 0.2) is 0 Å². The second-order valence-electron chi connectivity index (χ2n) is 6.88. The first-order valence-electron chi connectivity index (χ1n) is 10.2. The smallest absolute Gasteiger partial charge is 0.243 e. The monoisotopic (exact) mass is 412 g/mol. The molecule has 0 N–H and O–H groups in total. The molecular weight excluding hydrogens is 384 g/mol. The summed E-state index contributed by atoms with van der Waals surface area (Å²) in [6.45, 7) is 7.63. The number of benzene rings is 2. The maximum Gasteiger partial charge on any atom is 0.386 e. The van der Waals surface area contributed by atoms with Crippen molar-refractivity contribution in [2.24, 2.45) is 0 Å². The molecule has 2 rings (SSSR count). The van der Waals surface area contributed by atoms with Gasteiger partial charge in [-0.1, -0.05) is 51.0 Å². The van der Waals surface area contributed by atoms with Gasteiger partial charge < -0.3 is 0 Å². The molecule has 0 spiro atoms. The van der Waals surface area contributed by atoms with Gasteiger partial charge in [0.1, 0.15) is 0 Å². The zero-order chi connectivity index (χ0) is 21.8. The van der Waals surface area contributed by atoms with Gasteiger partial charge in [0.05, 0.1) is 11.1 Å². The van der Waals surface area contributed by atoms with Crippen LogP contribution in [0.3, 0.4) is 0 Å². The van der Waals surface area contributed by atoms with Crippen LogP contribution in [-0.2, 0) is 32.4 Å². The number of unbranched alkanes of at least 4 members (excludes halogenated alkanes) is 2. The quantitative estimate of drug-likeness (QED) is 0.252. The summed E-state index contributed by atoms with van der Waals surface area (Å²) in [4.78, 5) is 42.6. The van der Waals surface area contributed by atoms with E-state index in [1.165, 1.54) is 0 Å². The van der Waals surface area contributed by atoms with Crippen LogP contribution in [0.5, 0.6) is 0 Å². The average molecular weight is 412 g/mol. The van der Waals surface area contributed by atoms with Crippen LogP contribution in [-0.4, -0.2) is 11.9 Å². The van der Waals surface area contributed by atoms with Crippen molar-refractivity contribution in [3.63, 3.8) is 0 Å². The molecule has 0 unspecified atom stereocenters. The SMILES string of the molecule is C=C(OOC(=O)c1ccc(CCCC)cc1)OOC(=O)c1ccc(CCCC)cc1. The van der Waals surface area contributed by atoms with Crippen LogP contribution in [0.4, 0.5) is 0 Å². The molecule has 0 aliphatic heterocycles. The Balaban J connectivity index is 1.73. The summed E-state index contributed by atoms with van der Waals surface area (Å²) in [5.74, 6) is -1.90.